The highest BCUT2D eigenvalue weighted by atomic mass is 16.5. The zero-order chi connectivity index (χ0) is 16.5. The molecule has 0 bridgehead atoms. The number of nitrogens with zero attached hydrogens (tertiary/aromatic N) is 4. The molecule has 0 atom stereocenters. The van der Waals surface area contributed by atoms with Crippen LogP contribution in [0, 0.1) is 6.92 Å². The first kappa shape index (κ1) is 14.2. The van der Waals surface area contributed by atoms with Crippen LogP contribution in [0.25, 0.3) is 28.0 Å². The second-order valence-corrected chi connectivity index (χ2v) is 5.33. The van der Waals surface area contributed by atoms with E-state index in [4.69, 9.17) is 4.42 Å². The van der Waals surface area contributed by atoms with E-state index in [9.17, 15) is 5.21 Å². The van der Waals surface area contributed by atoms with Gasteiger partial charge in [-0.15, -0.1) is 0 Å². The summed E-state index contributed by atoms with van der Waals surface area (Å²) in [5.74, 6) is 0. The zero-order valence-corrected chi connectivity index (χ0v) is 12.9. The molecule has 6 heteroatoms. The number of rotatable bonds is 2. The number of aromatic nitrogens is 3. The fraction of sp³-hybridized carbons (Fsp3) is 0.0556. The van der Waals surface area contributed by atoms with Gasteiger partial charge in [0.05, 0.1) is 17.6 Å². The van der Waals surface area contributed by atoms with Gasteiger partial charge in [-0.3, -0.25) is 0 Å². The Kier molecular flexibility index (Phi) is 3.35. The topological polar surface area (TPSA) is 76.4 Å². The highest BCUT2D eigenvalue weighted by molar-refractivity contribution is 5.75. The van der Waals surface area contributed by atoms with Crippen molar-refractivity contribution in [3.8, 4) is 16.9 Å². The zero-order valence-electron chi connectivity index (χ0n) is 12.9. The average Bonchev–Trinajstić information content (AvgIpc) is 3.02. The van der Waals surface area contributed by atoms with Crippen molar-refractivity contribution in [2.75, 3.05) is 0 Å². The maximum atomic E-state index is 9.32. The van der Waals surface area contributed by atoms with Gasteiger partial charge in [0, 0.05) is 5.56 Å². The highest BCUT2D eigenvalue weighted by Gasteiger charge is 2.15. The SMILES string of the molecule is Cc1c(-c2nc3ccccc3o/c2=N\O)cnn1-c1ccccc1. The third-order valence-electron chi connectivity index (χ3n) is 3.86. The Balaban J connectivity index is 1.94. The number of para-hydroxylation sites is 3. The Bertz CT molecular complexity index is 1080. The number of hydrogen-bond donors (Lipinski definition) is 1. The van der Waals surface area contributed by atoms with Crippen molar-refractivity contribution in [3.05, 3.63) is 72.0 Å². The van der Waals surface area contributed by atoms with Crippen molar-refractivity contribution in [1.82, 2.24) is 14.8 Å². The first-order valence-electron chi connectivity index (χ1n) is 7.46. The fourth-order valence-electron chi connectivity index (χ4n) is 2.67. The Morgan fingerprint density at radius 3 is 2.58 bits per heavy atom. The molecule has 4 aromatic rings. The molecule has 24 heavy (non-hydrogen) atoms. The highest BCUT2D eigenvalue weighted by Crippen LogP contribution is 2.23. The van der Waals surface area contributed by atoms with Crippen LogP contribution in [0.5, 0.6) is 0 Å². The molecule has 0 aliphatic carbocycles. The quantitative estimate of drug-likeness (QED) is 0.454. The van der Waals surface area contributed by atoms with Gasteiger partial charge in [0.2, 0.25) is 0 Å². The molecule has 2 aromatic heterocycles. The molecular formula is C18H14N4O2. The van der Waals surface area contributed by atoms with E-state index >= 15 is 0 Å². The van der Waals surface area contributed by atoms with E-state index in [2.05, 4.69) is 15.2 Å². The van der Waals surface area contributed by atoms with E-state index in [1.807, 2.05) is 60.1 Å². The van der Waals surface area contributed by atoms with E-state index in [-0.39, 0.29) is 5.55 Å². The van der Waals surface area contributed by atoms with Gasteiger partial charge >= 0.3 is 0 Å². The molecule has 0 radical (unpaired) electrons. The molecular weight excluding hydrogens is 304 g/mol. The summed E-state index contributed by atoms with van der Waals surface area (Å²) in [6.45, 7) is 1.94. The van der Waals surface area contributed by atoms with Crippen molar-refractivity contribution in [3.63, 3.8) is 0 Å². The third-order valence-corrected chi connectivity index (χ3v) is 3.86. The summed E-state index contributed by atoms with van der Waals surface area (Å²) in [4.78, 5) is 4.58. The van der Waals surface area contributed by atoms with Crippen LogP contribution in [0.2, 0.25) is 0 Å². The van der Waals surface area contributed by atoms with Gasteiger partial charge in [-0.2, -0.15) is 5.10 Å². The first-order chi connectivity index (χ1) is 11.8. The van der Waals surface area contributed by atoms with Crippen molar-refractivity contribution in [2.24, 2.45) is 5.16 Å². The normalized spacial score (nSPS) is 12.0. The fourth-order valence-corrected chi connectivity index (χ4v) is 2.67. The second kappa shape index (κ2) is 5.66. The van der Waals surface area contributed by atoms with E-state index < -0.39 is 0 Å². The molecule has 0 unspecified atom stereocenters. The Hall–Kier alpha value is -3.41. The summed E-state index contributed by atoms with van der Waals surface area (Å²) < 4.78 is 7.46. The minimum Gasteiger partial charge on any atom is -0.433 e. The second-order valence-electron chi connectivity index (χ2n) is 5.33. The van der Waals surface area contributed by atoms with E-state index in [0.29, 0.717) is 16.8 Å². The Labute approximate surface area is 137 Å². The lowest BCUT2D eigenvalue weighted by atomic mass is 10.2. The van der Waals surface area contributed by atoms with Gasteiger partial charge in [-0.1, -0.05) is 30.3 Å². The van der Waals surface area contributed by atoms with Gasteiger partial charge in [-0.05, 0) is 36.3 Å². The largest absolute Gasteiger partial charge is 0.433 e. The summed E-state index contributed by atoms with van der Waals surface area (Å²) in [6.07, 6.45) is 1.70. The number of hydrogen-bond acceptors (Lipinski definition) is 5. The lowest BCUT2D eigenvalue weighted by Gasteiger charge is -2.05. The standard InChI is InChI=1S/C18H14N4O2/c1-12-14(11-19-22(12)13-7-3-2-4-8-13)17-18(21-23)24-16-10-6-5-9-15(16)20-17/h2-11,23H,1H3/b21-18-. The van der Waals surface area contributed by atoms with Crippen LogP contribution in [0.3, 0.4) is 0 Å². The molecule has 0 fully saturated rings. The van der Waals surface area contributed by atoms with Gasteiger partial charge in [0.25, 0.3) is 5.55 Å². The smallest absolute Gasteiger partial charge is 0.282 e. The maximum Gasteiger partial charge on any atom is 0.282 e. The predicted octanol–water partition coefficient (Wildman–Crippen LogP) is 3.28. The molecule has 118 valence electrons. The molecule has 4 rings (SSSR count). The first-order valence-corrected chi connectivity index (χ1v) is 7.46. The predicted molar refractivity (Wildman–Crippen MR) is 88.7 cm³/mol. The molecule has 0 saturated carbocycles. The van der Waals surface area contributed by atoms with Gasteiger partial charge in [0.1, 0.15) is 11.2 Å². The lowest BCUT2D eigenvalue weighted by Crippen LogP contribution is -2.09. The van der Waals surface area contributed by atoms with Gasteiger partial charge in [0.15, 0.2) is 5.58 Å². The number of fused-ring (bicyclic) bond motifs is 1. The summed E-state index contributed by atoms with van der Waals surface area (Å²) in [6, 6.07) is 17.1. The van der Waals surface area contributed by atoms with E-state index in [1.165, 1.54) is 0 Å². The molecule has 0 saturated heterocycles. The Morgan fingerprint density at radius 2 is 1.79 bits per heavy atom. The molecule has 0 aliphatic rings. The average molecular weight is 318 g/mol. The van der Waals surface area contributed by atoms with Gasteiger partial charge < -0.3 is 9.62 Å². The van der Waals surface area contributed by atoms with E-state index in [1.54, 1.807) is 12.3 Å². The minimum atomic E-state index is 0.0596. The van der Waals surface area contributed by atoms with Crippen molar-refractivity contribution < 1.29 is 9.62 Å². The van der Waals surface area contributed by atoms with Crippen LogP contribution in [0.1, 0.15) is 5.69 Å². The summed E-state index contributed by atoms with van der Waals surface area (Å²) in [5, 5.41) is 17.0. The molecule has 1 N–H and O–H groups in total. The summed E-state index contributed by atoms with van der Waals surface area (Å²) in [7, 11) is 0. The van der Waals surface area contributed by atoms with Crippen molar-refractivity contribution >= 4 is 11.1 Å². The lowest BCUT2D eigenvalue weighted by molar-refractivity contribution is 0.277. The van der Waals surface area contributed by atoms with Crippen LogP contribution >= 0.6 is 0 Å². The van der Waals surface area contributed by atoms with Gasteiger partial charge in [-0.25, -0.2) is 9.67 Å². The van der Waals surface area contributed by atoms with Crippen molar-refractivity contribution in [1.29, 1.82) is 0 Å². The van der Waals surface area contributed by atoms with E-state index in [0.717, 1.165) is 16.9 Å². The molecule has 0 amide bonds. The molecule has 6 nitrogen and oxygen atoms in total. The molecule has 2 aromatic carbocycles. The summed E-state index contributed by atoms with van der Waals surface area (Å²) in [5.41, 5.74) is 4.33. The maximum absolute atomic E-state index is 9.32. The minimum absolute atomic E-state index is 0.0596. The third kappa shape index (κ3) is 2.25. The van der Waals surface area contributed by atoms with Crippen LogP contribution in [0.15, 0.2) is 70.4 Å². The molecule has 2 heterocycles. The molecule has 0 aliphatic heterocycles. The Morgan fingerprint density at radius 1 is 1.04 bits per heavy atom. The van der Waals surface area contributed by atoms with Crippen molar-refractivity contribution in [2.45, 2.75) is 6.92 Å². The molecule has 0 spiro atoms. The van der Waals surface area contributed by atoms with Crippen LogP contribution < -0.4 is 5.55 Å². The number of benzene rings is 2. The summed E-state index contributed by atoms with van der Waals surface area (Å²) >= 11 is 0. The van der Waals surface area contributed by atoms with Crippen LogP contribution in [-0.4, -0.2) is 20.0 Å². The van der Waals surface area contributed by atoms with Crippen LogP contribution in [0.4, 0.5) is 0 Å². The monoisotopic (exact) mass is 318 g/mol. The van der Waals surface area contributed by atoms with Crippen LogP contribution in [-0.2, 0) is 0 Å².